The minimum Gasteiger partial charge on any atom is -0.314 e. The molecule has 0 radical (unpaired) electrons. The molecular weight excluding hydrogens is 264 g/mol. The van der Waals surface area contributed by atoms with Crippen molar-refractivity contribution in [1.82, 2.24) is 5.32 Å². The van der Waals surface area contributed by atoms with Gasteiger partial charge in [-0.05, 0) is 53.4 Å². The van der Waals surface area contributed by atoms with Gasteiger partial charge in [0.05, 0.1) is 0 Å². The van der Waals surface area contributed by atoms with Crippen molar-refractivity contribution < 1.29 is 8.78 Å². The molecule has 1 aromatic heterocycles. The average molecular weight is 281 g/mol. The fourth-order valence-electron chi connectivity index (χ4n) is 2.15. The molecule has 0 saturated carbocycles. The van der Waals surface area contributed by atoms with E-state index in [-0.39, 0.29) is 6.04 Å². The largest absolute Gasteiger partial charge is 0.314 e. The lowest BCUT2D eigenvalue weighted by molar-refractivity contribution is 0.502. The average Bonchev–Trinajstić information content (AvgIpc) is 2.86. The van der Waals surface area contributed by atoms with E-state index in [4.69, 9.17) is 0 Å². The highest BCUT2D eigenvalue weighted by molar-refractivity contribution is 7.07. The number of likely N-dealkylation sites (N-methyl/N-ethyl adjacent to an activating group) is 1. The number of nitrogens with one attached hydrogen (secondary N) is 1. The smallest absolute Gasteiger partial charge is 0.129 e. The van der Waals surface area contributed by atoms with Gasteiger partial charge in [0, 0.05) is 12.1 Å². The Hall–Kier alpha value is -1.26. The monoisotopic (exact) mass is 281 g/mol. The molecule has 2 rings (SSSR count). The maximum Gasteiger partial charge on any atom is 0.129 e. The lowest BCUT2D eigenvalue weighted by Crippen LogP contribution is -2.33. The molecular formula is C15H17F2NS. The number of thiophene rings is 1. The number of hydrogen-bond acceptors (Lipinski definition) is 2. The molecule has 0 amide bonds. The van der Waals surface area contributed by atoms with Crippen LogP contribution in [-0.2, 0) is 12.8 Å². The minimum atomic E-state index is -0.529. The van der Waals surface area contributed by atoms with Crippen LogP contribution in [0.25, 0.3) is 0 Å². The van der Waals surface area contributed by atoms with Gasteiger partial charge in [-0.2, -0.15) is 11.3 Å². The minimum absolute atomic E-state index is 0.166. The number of hydrogen-bond donors (Lipinski definition) is 1. The Bertz CT molecular complexity index is 511. The van der Waals surface area contributed by atoms with Crippen molar-refractivity contribution in [2.24, 2.45) is 0 Å². The van der Waals surface area contributed by atoms with Gasteiger partial charge < -0.3 is 5.32 Å². The normalized spacial score (nSPS) is 12.6. The summed E-state index contributed by atoms with van der Waals surface area (Å²) in [7, 11) is 0. The summed E-state index contributed by atoms with van der Waals surface area (Å²) in [6, 6.07) is 6.03. The first-order chi connectivity index (χ1) is 9.19. The van der Waals surface area contributed by atoms with Crippen molar-refractivity contribution in [3.63, 3.8) is 0 Å². The number of benzene rings is 1. The Labute approximate surface area is 116 Å². The van der Waals surface area contributed by atoms with Crippen LogP contribution in [-0.4, -0.2) is 12.6 Å². The van der Waals surface area contributed by atoms with Gasteiger partial charge in [-0.15, -0.1) is 0 Å². The molecule has 1 N–H and O–H groups in total. The van der Waals surface area contributed by atoms with E-state index in [2.05, 4.69) is 16.8 Å². The highest BCUT2D eigenvalue weighted by Gasteiger charge is 2.13. The summed E-state index contributed by atoms with van der Waals surface area (Å²) in [6.45, 7) is 2.86. The van der Waals surface area contributed by atoms with Crippen molar-refractivity contribution in [2.45, 2.75) is 25.8 Å². The summed E-state index contributed by atoms with van der Waals surface area (Å²) in [6.07, 6.45) is 1.42. The van der Waals surface area contributed by atoms with Crippen LogP contribution < -0.4 is 5.32 Å². The van der Waals surface area contributed by atoms with Crippen LogP contribution in [0.5, 0.6) is 0 Å². The lowest BCUT2D eigenvalue weighted by Gasteiger charge is -2.17. The fourth-order valence-corrected chi connectivity index (χ4v) is 2.83. The van der Waals surface area contributed by atoms with Crippen molar-refractivity contribution in [3.05, 3.63) is 57.8 Å². The molecule has 1 nitrogen and oxygen atoms in total. The fraction of sp³-hybridized carbons (Fsp3) is 0.333. The topological polar surface area (TPSA) is 12.0 Å². The van der Waals surface area contributed by atoms with Crippen molar-refractivity contribution >= 4 is 11.3 Å². The van der Waals surface area contributed by atoms with Gasteiger partial charge in [-0.1, -0.05) is 13.0 Å². The third kappa shape index (κ3) is 4.11. The Morgan fingerprint density at radius 2 is 2.05 bits per heavy atom. The highest BCUT2D eigenvalue weighted by Crippen LogP contribution is 2.15. The highest BCUT2D eigenvalue weighted by atomic mass is 32.1. The van der Waals surface area contributed by atoms with Gasteiger partial charge in [0.25, 0.3) is 0 Å². The summed E-state index contributed by atoms with van der Waals surface area (Å²) >= 11 is 1.66. The summed E-state index contributed by atoms with van der Waals surface area (Å²) in [4.78, 5) is 0. The summed E-state index contributed by atoms with van der Waals surface area (Å²) in [5.41, 5.74) is 1.81. The zero-order chi connectivity index (χ0) is 13.7. The second-order valence-corrected chi connectivity index (χ2v) is 5.31. The van der Waals surface area contributed by atoms with Gasteiger partial charge in [0.2, 0.25) is 0 Å². The molecule has 1 atom stereocenters. The Balaban J connectivity index is 2.07. The van der Waals surface area contributed by atoms with E-state index >= 15 is 0 Å². The maximum absolute atomic E-state index is 13.7. The quantitative estimate of drug-likeness (QED) is 0.849. The molecule has 4 heteroatoms. The van der Waals surface area contributed by atoms with Gasteiger partial charge in [-0.3, -0.25) is 0 Å². The molecule has 0 spiro atoms. The number of halogens is 2. The molecule has 0 bridgehead atoms. The molecule has 1 unspecified atom stereocenters. The van der Waals surface area contributed by atoms with E-state index in [1.165, 1.54) is 17.7 Å². The van der Waals surface area contributed by atoms with Crippen LogP contribution in [0.4, 0.5) is 8.78 Å². The van der Waals surface area contributed by atoms with Crippen LogP contribution >= 0.6 is 11.3 Å². The summed E-state index contributed by atoms with van der Waals surface area (Å²) in [5, 5.41) is 7.50. The van der Waals surface area contributed by atoms with E-state index in [9.17, 15) is 8.78 Å². The molecule has 1 heterocycles. The summed E-state index contributed by atoms with van der Waals surface area (Å²) < 4.78 is 26.5. The first kappa shape index (κ1) is 14.2. The maximum atomic E-state index is 13.7. The molecule has 0 saturated heterocycles. The Morgan fingerprint density at radius 1 is 1.21 bits per heavy atom. The van der Waals surface area contributed by atoms with Gasteiger partial charge in [-0.25, -0.2) is 8.78 Å². The van der Waals surface area contributed by atoms with E-state index in [1.807, 2.05) is 12.3 Å². The zero-order valence-electron chi connectivity index (χ0n) is 10.8. The van der Waals surface area contributed by atoms with E-state index < -0.39 is 11.6 Å². The molecule has 2 aromatic rings. The third-order valence-electron chi connectivity index (χ3n) is 3.04. The SMILES string of the molecule is CCNC(Cc1ccsc1)Cc1ccc(F)cc1F. The van der Waals surface area contributed by atoms with Gasteiger partial charge >= 0.3 is 0 Å². The molecule has 19 heavy (non-hydrogen) atoms. The first-order valence-electron chi connectivity index (χ1n) is 6.37. The van der Waals surface area contributed by atoms with Crippen molar-refractivity contribution in [3.8, 4) is 0 Å². The lowest BCUT2D eigenvalue weighted by atomic mass is 10.00. The predicted molar refractivity (Wildman–Crippen MR) is 75.5 cm³/mol. The molecule has 0 aliphatic heterocycles. The van der Waals surface area contributed by atoms with Crippen LogP contribution in [0, 0.1) is 11.6 Å². The van der Waals surface area contributed by atoms with Gasteiger partial charge in [0.15, 0.2) is 0 Å². The second kappa shape index (κ2) is 6.78. The van der Waals surface area contributed by atoms with Crippen LogP contribution in [0.3, 0.4) is 0 Å². The number of rotatable bonds is 6. The standard InChI is InChI=1S/C15H17F2NS/c1-2-18-14(7-11-5-6-19-10-11)8-12-3-4-13(16)9-15(12)17/h3-6,9-10,14,18H,2,7-8H2,1H3. The molecule has 0 aliphatic rings. The van der Waals surface area contributed by atoms with Crippen LogP contribution in [0.1, 0.15) is 18.1 Å². The molecule has 102 valence electrons. The zero-order valence-corrected chi connectivity index (χ0v) is 11.6. The molecule has 1 aromatic carbocycles. The van der Waals surface area contributed by atoms with Crippen molar-refractivity contribution in [2.75, 3.05) is 6.54 Å². The molecule has 0 fully saturated rings. The Morgan fingerprint density at radius 3 is 2.68 bits per heavy atom. The van der Waals surface area contributed by atoms with Crippen LogP contribution in [0.2, 0.25) is 0 Å². The van der Waals surface area contributed by atoms with Gasteiger partial charge in [0.1, 0.15) is 11.6 Å². The van der Waals surface area contributed by atoms with E-state index in [0.29, 0.717) is 12.0 Å². The molecule has 0 aliphatic carbocycles. The van der Waals surface area contributed by atoms with Crippen molar-refractivity contribution in [1.29, 1.82) is 0 Å². The second-order valence-electron chi connectivity index (χ2n) is 4.53. The summed E-state index contributed by atoms with van der Waals surface area (Å²) in [5.74, 6) is -0.993. The first-order valence-corrected chi connectivity index (χ1v) is 7.31. The van der Waals surface area contributed by atoms with Crippen LogP contribution in [0.15, 0.2) is 35.0 Å². The van der Waals surface area contributed by atoms with E-state index in [1.54, 1.807) is 11.3 Å². The predicted octanol–water partition coefficient (Wildman–Crippen LogP) is 3.79. The van der Waals surface area contributed by atoms with E-state index in [0.717, 1.165) is 19.0 Å². The Kier molecular flexibility index (Phi) is 5.05. The third-order valence-corrected chi connectivity index (χ3v) is 3.77.